The molecule has 0 N–H and O–H groups in total. The fourth-order valence-electron chi connectivity index (χ4n) is 1.31. The van der Waals surface area contributed by atoms with E-state index in [1.54, 1.807) is 19.1 Å². The molecule has 78 valence electrons. The topological polar surface area (TPSA) is 35.3 Å². The first-order valence-electron chi connectivity index (χ1n) is 4.47. The smallest absolute Gasteiger partial charge is 0.191 e. The molecule has 0 saturated carbocycles. The predicted octanol–water partition coefficient (Wildman–Crippen LogP) is 2.80. The van der Waals surface area contributed by atoms with Crippen LogP contribution in [-0.4, -0.2) is 12.1 Å². The van der Waals surface area contributed by atoms with Crippen LogP contribution in [0.15, 0.2) is 28.8 Å². The molecule has 0 aliphatic heterocycles. The molecule has 0 unspecified atom stereocenters. The van der Waals surface area contributed by atoms with E-state index in [4.69, 9.17) is 9.15 Å². The lowest BCUT2D eigenvalue weighted by molar-refractivity contribution is 0.411. The molecule has 0 fully saturated rings. The van der Waals surface area contributed by atoms with Crippen molar-refractivity contribution in [3.8, 4) is 17.1 Å². The van der Waals surface area contributed by atoms with Crippen LogP contribution in [-0.2, 0) is 0 Å². The van der Waals surface area contributed by atoms with Gasteiger partial charge in [-0.15, -0.1) is 0 Å². The van der Waals surface area contributed by atoms with Crippen LogP contribution in [0.2, 0.25) is 0 Å². The van der Waals surface area contributed by atoms with E-state index in [9.17, 15) is 4.39 Å². The van der Waals surface area contributed by atoms with Gasteiger partial charge in [0.15, 0.2) is 11.7 Å². The Labute approximate surface area is 86.5 Å². The molecule has 2 aromatic rings. The van der Waals surface area contributed by atoms with E-state index in [0.29, 0.717) is 23.0 Å². The van der Waals surface area contributed by atoms with E-state index in [-0.39, 0.29) is 5.82 Å². The number of aromatic nitrogens is 1. The van der Waals surface area contributed by atoms with Crippen molar-refractivity contribution in [3.63, 3.8) is 0 Å². The number of ether oxygens (including phenoxy) is 1. The van der Waals surface area contributed by atoms with Gasteiger partial charge in [-0.2, -0.15) is 0 Å². The van der Waals surface area contributed by atoms with E-state index in [2.05, 4.69) is 4.98 Å². The quantitative estimate of drug-likeness (QED) is 0.759. The lowest BCUT2D eigenvalue weighted by atomic mass is 10.1. The molecule has 15 heavy (non-hydrogen) atoms. The molecule has 1 aromatic carbocycles. The third-order valence-electron chi connectivity index (χ3n) is 2.06. The number of benzene rings is 1. The summed E-state index contributed by atoms with van der Waals surface area (Å²) < 4.78 is 23.7. The predicted molar refractivity (Wildman–Crippen MR) is 53.2 cm³/mol. The van der Waals surface area contributed by atoms with Crippen molar-refractivity contribution in [1.29, 1.82) is 0 Å². The van der Waals surface area contributed by atoms with Gasteiger partial charge in [-0.1, -0.05) is 0 Å². The molecule has 0 atom stereocenters. The van der Waals surface area contributed by atoms with Gasteiger partial charge in [-0.05, 0) is 12.1 Å². The third-order valence-corrected chi connectivity index (χ3v) is 2.06. The van der Waals surface area contributed by atoms with Crippen molar-refractivity contribution in [3.05, 3.63) is 36.1 Å². The second-order valence-electron chi connectivity index (χ2n) is 3.09. The van der Waals surface area contributed by atoms with Crippen LogP contribution in [0, 0.1) is 12.7 Å². The van der Waals surface area contributed by atoms with Crippen LogP contribution >= 0.6 is 0 Å². The summed E-state index contributed by atoms with van der Waals surface area (Å²) in [5.41, 5.74) is 0.386. The summed E-state index contributed by atoms with van der Waals surface area (Å²) in [4.78, 5) is 3.91. The van der Waals surface area contributed by atoms with Gasteiger partial charge in [0.1, 0.15) is 11.6 Å². The molecule has 4 heteroatoms. The fraction of sp³-hybridized carbons (Fsp3) is 0.182. The molecule has 0 saturated heterocycles. The Morgan fingerprint density at radius 3 is 2.73 bits per heavy atom. The number of aryl methyl sites for hydroxylation is 1. The Bertz CT molecular complexity index is 479. The van der Waals surface area contributed by atoms with Crippen LogP contribution < -0.4 is 4.74 Å². The lowest BCUT2D eigenvalue weighted by Gasteiger charge is -2.02. The maximum atomic E-state index is 13.6. The van der Waals surface area contributed by atoms with Crippen LogP contribution in [0.4, 0.5) is 4.39 Å². The summed E-state index contributed by atoms with van der Waals surface area (Å²) in [5.74, 6) is 1.03. The maximum Gasteiger partial charge on any atom is 0.191 e. The Hall–Kier alpha value is -1.84. The highest BCUT2D eigenvalue weighted by Crippen LogP contribution is 2.26. The number of halogens is 1. The molecule has 0 radical (unpaired) electrons. The second-order valence-corrected chi connectivity index (χ2v) is 3.09. The molecule has 0 amide bonds. The Morgan fingerprint density at radius 1 is 1.40 bits per heavy atom. The third kappa shape index (κ3) is 1.83. The summed E-state index contributed by atoms with van der Waals surface area (Å²) in [5, 5.41) is 0. The van der Waals surface area contributed by atoms with Gasteiger partial charge in [-0.3, -0.25) is 0 Å². The summed E-state index contributed by atoms with van der Waals surface area (Å²) >= 11 is 0. The van der Waals surface area contributed by atoms with Crippen molar-refractivity contribution < 1.29 is 13.5 Å². The summed E-state index contributed by atoms with van der Waals surface area (Å²) in [6.45, 7) is 1.71. The average molecular weight is 207 g/mol. The van der Waals surface area contributed by atoms with Gasteiger partial charge < -0.3 is 9.15 Å². The van der Waals surface area contributed by atoms with Crippen molar-refractivity contribution in [2.75, 3.05) is 7.11 Å². The van der Waals surface area contributed by atoms with Crippen LogP contribution in [0.25, 0.3) is 11.3 Å². The molecule has 3 nitrogen and oxygen atoms in total. The molecular weight excluding hydrogens is 197 g/mol. The minimum Gasteiger partial charge on any atom is -0.497 e. The molecule has 1 aromatic heterocycles. The van der Waals surface area contributed by atoms with Gasteiger partial charge in [0.05, 0.1) is 18.9 Å². The summed E-state index contributed by atoms with van der Waals surface area (Å²) in [6, 6.07) is 4.59. The lowest BCUT2D eigenvalue weighted by Crippen LogP contribution is -1.86. The SMILES string of the molecule is COc1ccc(-c2cnc(C)o2)c(F)c1. The van der Waals surface area contributed by atoms with Crippen LogP contribution in [0.5, 0.6) is 5.75 Å². The summed E-state index contributed by atoms with van der Waals surface area (Å²) in [6.07, 6.45) is 1.50. The Morgan fingerprint density at radius 2 is 2.20 bits per heavy atom. The van der Waals surface area contributed by atoms with E-state index in [1.165, 1.54) is 19.4 Å². The standard InChI is InChI=1S/C11H10FNO2/c1-7-13-6-11(15-7)9-4-3-8(14-2)5-10(9)12/h3-6H,1-2H3. The Kier molecular flexibility index (Phi) is 2.41. The minimum absolute atomic E-state index is 0.384. The van der Waals surface area contributed by atoms with E-state index in [0.717, 1.165) is 0 Å². The van der Waals surface area contributed by atoms with Gasteiger partial charge in [0, 0.05) is 13.0 Å². The first-order valence-corrected chi connectivity index (χ1v) is 4.47. The zero-order valence-corrected chi connectivity index (χ0v) is 8.45. The van der Waals surface area contributed by atoms with Crippen molar-refractivity contribution >= 4 is 0 Å². The molecular formula is C11H10FNO2. The van der Waals surface area contributed by atoms with Crippen molar-refractivity contribution in [2.45, 2.75) is 6.92 Å². The molecule has 0 bridgehead atoms. The molecule has 0 spiro atoms. The first kappa shape index (κ1) is 9.71. The van der Waals surface area contributed by atoms with E-state index in [1.807, 2.05) is 0 Å². The molecule has 0 aliphatic carbocycles. The number of methoxy groups -OCH3 is 1. The van der Waals surface area contributed by atoms with Crippen molar-refractivity contribution in [1.82, 2.24) is 4.98 Å². The van der Waals surface area contributed by atoms with Gasteiger partial charge >= 0.3 is 0 Å². The minimum atomic E-state index is -0.384. The number of oxazole rings is 1. The highest BCUT2D eigenvalue weighted by atomic mass is 19.1. The number of hydrogen-bond acceptors (Lipinski definition) is 3. The zero-order valence-electron chi connectivity index (χ0n) is 8.45. The second kappa shape index (κ2) is 3.73. The monoisotopic (exact) mass is 207 g/mol. The molecule has 0 aliphatic rings. The number of rotatable bonds is 2. The normalized spacial score (nSPS) is 10.3. The van der Waals surface area contributed by atoms with E-state index >= 15 is 0 Å². The Balaban J connectivity index is 2.45. The van der Waals surface area contributed by atoms with Gasteiger partial charge in [0.2, 0.25) is 0 Å². The number of hydrogen-bond donors (Lipinski definition) is 0. The molecule has 2 rings (SSSR count). The van der Waals surface area contributed by atoms with Gasteiger partial charge in [-0.25, -0.2) is 9.37 Å². The zero-order chi connectivity index (χ0) is 10.8. The van der Waals surface area contributed by atoms with E-state index < -0.39 is 0 Å². The van der Waals surface area contributed by atoms with Crippen LogP contribution in [0.3, 0.4) is 0 Å². The highest BCUT2D eigenvalue weighted by Gasteiger charge is 2.10. The largest absolute Gasteiger partial charge is 0.497 e. The average Bonchev–Trinajstić information content (AvgIpc) is 2.64. The molecule has 1 heterocycles. The van der Waals surface area contributed by atoms with Crippen LogP contribution in [0.1, 0.15) is 5.89 Å². The fourth-order valence-corrected chi connectivity index (χ4v) is 1.31. The maximum absolute atomic E-state index is 13.6. The highest BCUT2D eigenvalue weighted by molar-refractivity contribution is 5.58. The van der Waals surface area contributed by atoms with Gasteiger partial charge in [0.25, 0.3) is 0 Å². The number of nitrogens with zero attached hydrogens (tertiary/aromatic N) is 1. The summed E-state index contributed by atoms with van der Waals surface area (Å²) in [7, 11) is 1.49. The first-order chi connectivity index (χ1) is 7.20. The van der Waals surface area contributed by atoms with Crippen molar-refractivity contribution in [2.24, 2.45) is 0 Å².